The van der Waals surface area contributed by atoms with Gasteiger partial charge < -0.3 is 0 Å². The Labute approximate surface area is 88.3 Å². The van der Waals surface area contributed by atoms with Crippen LogP contribution in [0.25, 0.3) is 0 Å². The number of nitrogens with zero attached hydrogens (tertiary/aromatic N) is 3. The summed E-state index contributed by atoms with van der Waals surface area (Å²) in [5, 5.41) is 0. The summed E-state index contributed by atoms with van der Waals surface area (Å²) in [4.78, 5) is 21.4. The molecule has 0 aromatic carbocycles. The second kappa shape index (κ2) is 3.70. The molecule has 0 radical (unpaired) electrons. The number of aromatic nitrogens is 2. The molecule has 1 aliphatic rings. The van der Waals surface area contributed by atoms with E-state index in [2.05, 4.69) is 15.9 Å². The van der Waals surface area contributed by atoms with Crippen molar-refractivity contribution in [1.29, 1.82) is 0 Å². The van der Waals surface area contributed by atoms with Crippen LogP contribution in [0.3, 0.4) is 0 Å². The van der Waals surface area contributed by atoms with Gasteiger partial charge in [-0.2, -0.15) is 0 Å². The Kier molecular flexibility index (Phi) is 2.38. The fourth-order valence-electron chi connectivity index (χ4n) is 1.58. The monoisotopic (exact) mass is 201 g/mol. The lowest BCUT2D eigenvalue weighted by Crippen LogP contribution is -2.26. The van der Waals surface area contributed by atoms with Crippen LogP contribution in [0.15, 0.2) is 12.3 Å². The summed E-state index contributed by atoms with van der Waals surface area (Å²) in [6.45, 7) is 2.39. The second-order valence-electron chi connectivity index (χ2n) is 3.57. The van der Waals surface area contributed by atoms with Crippen molar-refractivity contribution in [2.45, 2.75) is 13.3 Å². The number of amides is 1. The predicted molar refractivity (Wildman–Crippen MR) is 56.1 cm³/mol. The fourth-order valence-corrected chi connectivity index (χ4v) is 1.58. The van der Waals surface area contributed by atoms with Gasteiger partial charge >= 0.3 is 0 Å². The van der Waals surface area contributed by atoms with Crippen LogP contribution in [0.2, 0.25) is 0 Å². The minimum Gasteiger partial charge on any atom is -0.279 e. The van der Waals surface area contributed by atoms with Crippen molar-refractivity contribution in [1.82, 2.24) is 9.97 Å². The van der Waals surface area contributed by atoms with Crippen molar-refractivity contribution in [2.75, 3.05) is 11.4 Å². The molecule has 0 bridgehead atoms. The molecular weight excluding hydrogens is 190 g/mol. The number of hydrogen-bond acceptors (Lipinski definition) is 3. The topological polar surface area (TPSA) is 46.1 Å². The Bertz CT molecular complexity index is 436. The molecule has 1 aliphatic heterocycles. The number of carbonyl (C=O) groups is 1. The van der Waals surface area contributed by atoms with Gasteiger partial charge in [0.25, 0.3) is 0 Å². The van der Waals surface area contributed by atoms with Gasteiger partial charge in [0.15, 0.2) is 0 Å². The van der Waals surface area contributed by atoms with Crippen LogP contribution in [-0.2, 0) is 4.79 Å². The van der Waals surface area contributed by atoms with Crippen molar-refractivity contribution in [3.63, 3.8) is 0 Å². The molecular formula is C11H11N3O. The van der Waals surface area contributed by atoms with Crippen molar-refractivity contribution in [2.24, 2.45) is 5.92 Å². The maximum atomic E-state index is 11.6. The first-order valence-electron chi connectivity index (χ1n) is 4.77. The van der Waals surface area contributed by atoms with Gasteiger partial charge in [0.05, 0.1) is 0 Å². The smallest absolute Gasteiger partial charge is 0.232 e. The molecule has 1 saturated heterocycles. The average molecular weight is 201 g/mol. The molecule has 2 heterocycles. The third-order valence-corrected chi connectivity index (χ3v) is 2.38. The molecule has 0 aliphatic carbocycles. The van der Waals surface area contributed by atoms with Gasteiger partial charge in [0.1, 0.15) is 0 Å². The van der Waals surface area contributed by atoms with Gasteiger partial charge in [-0.25, -0.2) is 9.97 Å². The van der Waals surface area contributed by atoms with Gasteiger partial charge in [-0.15, -0.1) is 12.3 Å². The first-order chi connectivity index (χ1) is 7.20. The number of rotatable bonds is 1. The van der Waals surface area contributed by atoms with Gasteiger partial charge in [-0.05, 0) is 13.0 Å². The summed E-state index contributed by atoms with van der Waals surface area (Å²) in [5.74, 6) is 3.04. The van der Waals surface area contributed by atoms with E-state index in [1.54, 1.807) is 17.2 Å². The minimum atomic E-state index is -0.0124. The number of carbonyl (C=O) groups excluding carboxylic acids is 1. The summed E-state index contributed by atoms with van der Waals surface area (Å²) in [7, 11) is 0. The first kappa shape index (κ1) is 9.66. The Balaban J connectivity index is 2.26. The molecule has 1 fully saturated rings. The zero-order chi connectivity index (χ0) is 10.8. The van der Waals surface area contributed by atoms with Crippen LogP contribution in [0.5, 0.6) is 0 Å². The molecule has 0 spiro atoms. The average Bonchev–Trinajstić information content (AvgIpc) is 2.60. The van der Waals surface area contributed by atoms with E-state index in [0.29, 0.717) is 18.9 Å². The van der Waals surface area contributed by atoms with Crippen LogP contribution < -0.4 is 4.90 Å². The maximum absolute atomic E-state index is 11.6. The van der Waals surface area contributed by atoms with E-state index in [9.17, 15) is 4.79 Å². The predicted octanol–water partition coefficient (Wildman–Crippen LogP) is 0.771. The van der Waals surface area contributed by atoms with Crippen molar-refractivity contribution in [3.8, 4) is 12.3 Å². The number of terminal acetylenes is 1. The molecule has 76 valence electrons. The Morgan fingerprint density at radius 2 is 2.47 bits per heavy atom. The van der Waals surface area contributed by atoms with E-state index in [0.717, 1.165) is 5.69 Å². The highest BCUT2D eigenvalue weighted by Gasteiger charge is 2.30. The lowest BCUT2D eigenvalue weighted by atomic mass is 10.1. The Morgan fingerprint density at radius 3 is 3.07 bits per heavy atom. The van der Waals surface area contributed by atoms with Crippen LogP contribution >= 0.6 is 0 Å². The molecule has 1 amide bonds. The summed E-state index contributed by atoms with van der Waals surface area (Å²) in [5.41, 5.74) is 0.844. The molecule has 15 heavy (non-hydrogen) atoms. The summed E-state index contributed by atoms with van der Waals surface area (Å²) >= 11 is 0. The lowest BCUT2D eigenvalue weighted by Gasteiger charge is -2.13. The third-order valence-electron chi connectivity index (χ3n) is 2.38. The highest BCUT2D eigenvalue weighted by atomic mass is 16.2. The largest absolute Gasteiger partial charge is 0.279 e. The van der Waals surface area contributed by atoms with E-state index in [4.69, 9.17) is 6.42 Å². The summed E-state index contributed by atoms with van der Waals surface area (Å²) < 4.78 is 0. The van der Waals surface area contributed by atoms with Gasteiger partial charge in [0, 0.05) is 30.8 Å². The van der Waals surface area contributed by atoms with E-state index in [1.165, 1.54) is 0 Å². The minimum absolute atomic E-state index is 0.00329. The number of anilines is 1. The number of hydrogen-bond donors (Lipinski definition) is 0. The molecule has 1 aromatic rings. The second-order valence-corrected chi connectivity index (χ2v) is 3.57. The summed E-state index contributed by atoms with van der Waals surface area (Å²) in [6, 6.07) is 1.79. The van der Waals surface area contributed by atoms with Crippen molar-refractivity contribution in [3.05, 3.63) is 18.0 Å². The Hall–Kier alpha value is -1.89. The lowest BCUT2D eigenvalue weighted by molar-refractivity contribution is -0.117. The van der Waals surface area contributed by atoms with E-state index in [1.807, 2.05) is 6.92 Å². The molecule has 2 rings (SSSR count). The third kappa shape index (κ3) is 1.82. The standard InChI is InChI=1S/C11H11N3O/c1-3-9-6-10(15)14(7-9)11-12-5-4-8(2)13-11/h1,4-5,9H,6-7H2,2H3. The number of aryl methyl sites for hydroxylation is 1. The fraction of sp³-hybridized carbons (Fsp3) is 0.364. The quantitative estimate of drug-likeness (QED) is 0.630. The highest BCUT2D eigenvalue weighted by Crippen LogP contribution is 2.21. The Morgan fingerprint density at radius 1 is 1.67 bits per heavy atom. The van der Waals surface area contributed by atoms with E-state index in [-0.39, 0.29) is 11.8 Å². The van der Waals surface area contributed by atoms with E-state index < -0.39 is 0 Å². The first-order valence-corrected chi connectivity index (χ1v) is 4.77. The maximum Gasteiger partial charge on any atom is 0.232 e. The zero-order valence-corrected chi connectivity index (χ0v) is 8.47. The van der Waals surface area contributed by atoms with Crippen molar-refractivity contribution >= 4 is 11.9 Å². The van der Waals surface area contributed by atoms with Crippen molar-refractivity contribution < 1.29 is 4.79 Å². The van der Waals surface area contributed by atoms with Gasteiger partial charge in [-0.1, -0.05) is 0 Å². The molecule has 4 nitrogen and oxygen atoms in total. The van der Waals surface area contributed by atoms with Crippen LogP contribution in [0, 0.1) is 25.2 Å². The molecule has 1 atom stereocenters. The SMILES string of the molecule is C#CC1CC(=O)N(c2nccc(C)n2)C1. The highest BCUT2D eigenvalue weighted by molar-refractivity contribution is 5.94. The van der Waals surface area contributed by atoms with Gasteiger partial charge in [-0.3, -0.25) is 9.69 Å². The van der Waals surface area contributed by atoms with Crippen LogP contribution in [-0.4, -0.2) is 22.4 Å². The summed E-state index contributed by atoms with van der Waals surface area (Å²) in [6.07, 6.45) is 7.34. The molecule has 1 aromatic heterocycles. The van der Waals surface area contributed by atoms with Crippen LogP contribution in [0.4, 0.5) is 5.95 Å². The zero-order valence-electron chi connectivity index (χ0n) is 8.47. The molecule has 4 heteroatoms. The van der Waals surface area contributed by atoms with Crippen LogP contribution in [0.1, 0.15) is 12.1 Å². The van der Waals surface area contributed by atoms with E-state index >= 15 is 0 Å². The molecule has 1 unspecified atom stereocenters. The normalized spacial score (nSPS) is 20.4. The molecule has 0 N–H and O–H groups in total. The van der Waals surface area contributed by atoms with Gasteiger partial charge in [0.2, 0.25) is 11.9 Å². The molecule has 0 saturated carbocycles.